The third kappa shape index (κ3) is 2.52. The van der Waals surface area contributed by atoms with Gasteiger partial charge in [0, 0.05) is 13.1 Å². The summed E-state index contributed by atoms with van der Waals surface area (Å²) in [6.45, 7) is 4.46. The van der Waals surface area contributed by atoms with E-state index in [1.165, 1.54) is 25.7 Å². The SMILES string of the molecule is CCC1CCCN(c2nc(N)nc3sccc23)CC1. The first-order valence-corrected chi connectivity index (χ1v) is 7.91. The number of rotatable bonds is 2. The molecule has 1 atom stereocenters. The molecule has 0 spiro atoms. The molecule has 1 saturated heterocycles. The molecule has 1 fully saturated rings. The molecule has 0 radical (unpaired) electrons. The van der Waals surface area contributed by atoms with Crippen LogP contribution in [0.1, 0.15) is 32.6 Å². The molecule has 0 aliphatic carbocycles. The van der Waals surface area contributed by atoms with E-state index in [1.54, 1.807) is 11.3 Å². The fourth-order valence-electron chi connectivity index (χ4n) is 2.88. The van der Waals surface area contributed by atoms with Gasteiger partial charge in [-0.2, -0.15) is 4.98 Å². The lowest BCUT2D eigenvalue weighted by molar-refractivity contribution is 0.459. The second kappa shape index (κ2) is 5.33. The smallest absolute Gasteiger partial charge is 0.223 e. The van der Waals surface area contributed by atoms with E-state index in [0.717, 1.165) is 35.0 Å². The number of nitrogen functional groups attached to an aromatic ring is 1. The van der Waals surface area contributed by atoms with Gasteiger partial charge in [0.1, 0.15) is 10.6 Å². The first-order chi connectivity index (χ1) is 9.28. The van der Waals surface area contributed by atoms with E-state index in [0.29, 0.717) is 5.95 Å². The zero-order chi connectivity index (χ0) is 13.2. The van der Waals surface area contributed by atoms with Crippen LogP contribution >= 0.6 is 11.3 Å². The van der Waals surface area contributed by atoms with E-state index in [-0.39, 0.29) is 0 Å². The van der Waals surface area contributed by atoms with Crippen LogP contribution in [0.4, 0.5) is 11.8 Å². The number of nitrogens with two attached hydrogens (primary N) is 1. The van der Waals surface area contributed by atoms with Gasteiger partial charge in [0.05, 0.1) is 5.39 Å². The Morgan fingerprint density at radius 3 is 3.11 bits per heavy atom. The van der Waals surface area contributed by atoms with E-state index in [9.17, 15) is 0 Å². The van der Waals surface area contributed by atoms with Crippen LogP contribution in [0.15, 0.2) is 11.4 Å². The molecule has 2 N–H and O–H groups in total. The van der Waals surface area contributed by atoms with E-state index in [1.807, 2.05) is 0 Å². The van der Waals surface area contributed by atoms with Crippen molar-refractivity contribution in [1.82, 2.24) is 9.97 Å². The Bertz CT molecular complexity index is 566. The Balaban J connectivity index is 1.93. The maximum atomic E-state index is 5.84. The van der Waals surface area contributed by atoms with Gasteiger partial charge in [0.15, 0.2) is 0 Å². The number of anilines is 2. The van der Waals surface area contributed by atoms with Crippen LogP contribution in [-0.4, -0.2) is 23.1 Å². The van der Waals surface area contributed by atoms with Gasteiger partial charge in [-0.3, -0.25) is 0 Å². The van der Waals surface area contributed by atoms with Crippen molar-refractivity contribution in [1.29, 1.82) is 0 Å². The van der Waals surface area contributed by atoms with Crippen molar-refractivity contribution >= 4 is 33.3 Å². The molecule has 4 nitrogen and oxygen atoms in total. The quantitative estimate of drug-likeness (QED) is 0.914. The highest BCUT2D eigenvalue weighted by Crippen LogP contribution is 2.31. The zero-order valence-electron chi connectivity index (χ0n) is 11.3. The number of fused-ring (bicyclic) bond motifs is 1. The number of thiophene rings is 1. The Morgan fingerprint density at radius 2 is 2.26 bits per heavy atom. The summed E-state index contributed by atoms with van der Waals surface area (Å²) in [4.78, 5) is 12.2. The fourth-order valence-corrected chi connectivity index (χ4v) is 3.65. The molecule has 1 aliphatic heterocycles. The van der Waals surface area contributed by atoms with Crippen LogP contribution in [0, 0.1) is 5.92 Å². The lowest BCUT2D eigenvalue weighted by Gasteiger charge is -2.22. The van der Waals surface area contributed by atoms with Gasteiger partial charge in [-0.15, -0.1) is 11.3 Å². The highest BCUT2D eigenvalue weighted by Gasteiger charge is 2.19. The largest absolute Gasteiger partial charge is 0.368 e. The predicted molar refractivity (Wildman–Crippen MR) is 81.7 cm³/mol. The summed E-state index contributed by atoms with van der Waals surface area (Å²) in [6, 6.07) is 2.11. The molecule has 3 rings (SSSR count). The molecule has 102 valence electrons. The fraction of sp³-hybridized carbons (Fsp3) is 0.571. The summed E-state index contributed by atoms with van der Waals surface area (Å²) in [6.07, 6.45) is 5.12. The lowest BCUT2D eigenvalue weighted by atomic mass is 9.98. The van der Waals surface area contributed by atoms with Gasteiger partial charge >= 0.3 is 0 Å². The van der Waals surface area contributed by atoms with E-state index in [4.69, 9.17) is 5.73 Å². The summed E-state index contributed by atoms with van der Waals surface area (Å²) in [5.41, 5.74) is 5.84. The van der Waals surface area contributed by atoms with Gasteiger partial charge < -0.3 is 10.6 Å². The molecular weight excluding hydrogens is 256 g/mol. The van der Waals surface area contributed by atoms with E-state index in [2.05, 4.69) is 33.2 Å². The topological polar surface area (TPSA) is 55.0 Å². The summed E-state index contributed by atoms with van der Waals surface area (Å²) in [7, 11) is 0. The maximum Gasteiger partial charge on any atom is 0.223 e. The summed E-state index contributed by atoms with van der Waals surface area (Å²) >= 11 is 1.63. The highest BCUT2D eigenvalue weighted by molar-refractivity contribution is 7.16. The van der Waals surface area contributed by atoms with Crippen molar-refractivity contribution in [2.24, 2.45) is 5.92 Å². The van der Waals surface area contributed by atoms with Gasteiger partial charge in [-0.25, -0.2) is 4.98 Å². The summed E-state index contributed by atoms with van der Waals surface area (Å²) < 4.78 is 0. The van der Waals surface area contributed by atoms with Crippen molar-refractivity contribution in [2.45, 2.75) is 32.6 Å². The average Bonchev–Trinajstić information content (AvgIpc) is 2.74. The van der Waals surface area contributed by atoms with Crippen LogP contribution in [0.5, 0.6) is 0 Å². The van der Waals surface area contributed by atoms with E-state index < -0.39 is 0 Å². The normalized spacial score (nSPS) is 20.7. The van der Waals surface area contributed by atoms with Crippen LogP contribution < -0.4 is 10.6 Å². The van der Waals surface area contributed by atoms with Crippen LogP contribution in [0.3, 0.4) is 0 Å². The van der Waals surface area contributed by atoms with Gasteiger partial charge in [-0.05, 0) is 36.6 Å². The second-order valence-corrected chi connectivity index (χ2v) is 6.13. The third-order valence-electron chi connectivity index (χ3n) is 4.05. The van der Waals surface area contributed by atoms with E-state index >= 15 is 0 Å². The number of hydrogen-bond acceptors (Lipinski definition) is 5. The number of nitrogens with zero attached hydrogens (tertiary/aromatic N) is 3. The molecule has 3 heterocycles. The molecule has 2 aromatic heterocycles. The van der Waals surface area contributed by atoms with Gasteiger partial charge in [-0.1, -0.05) is 13.3 Å². The minimum Gasteiger partial charge on any atom is -0.368 e. The number of hydrogen-bond donors (Lipinski definition) is 1. The highest BCUT2D eigenvalue weighted by atomic mass is 32.1. The molecule has 1 aliphatic rings. The molecule has 0 saturated carbocycles. The minimum absolute atomic E-state index is 0.390. The molecule has 1 unspecified atom stereocenters. The van der Waals surface area contributed by atoms with Gasteiger partial charge in [0.25, 0.3) is 0 Å². The Labute approximate surface area is 117 Å². The minimum atomic E-state index is 0.390. The standard InChI is InChI=1S/C14H20N4S/c1-2-10-4-3-7-18(8-5-10)12-11-6-9-19-13(11)17-14(15)16-12/h6,9-10H,2-5,7-8H2,1H3,(H2,15,16,17). The van der Waals surface area contributed by atoms with Gasteiger partial charge in [0.2, 0.25) is 5.95 Å². The number of aromatic nitrogens is 2. The lowest BCUT2D eigenvalue weighted by Crippen LogP contribution is -2.25. The third-order valence-corrected chi connectivity index (χ3v) is 4.85. The first kappa shape index (κ1) is 12.7. The monoisotopic (exact) mass is 276 g/mol. The first-order valence-electron chi connectivity index (χ1n) is 7.03. The summed E-state index contributed by atoms with van der Waals surface area (Å²) in [5, 5.41) is 3.21. The molecule has 0 bridgehead atoms. The molecule has 2 aromatic rings. The predicted octanol–water partition coefficient (Wildman–Crippen LogP) is 3.29. The molecule has 0 aromatic carbocycles. The van der Waals surface area contributed by atoms with Crippen molar-refractivity contribution in [3.8, 4) is 0 Å². The van der Waals surface area contributed by atoms with Crippen molar-refractivity contribution < 1.29 is 0 Å². The Kier molecular flexibility index (Phi) is 3.55. The summed E-state index contributed by atoms with van der Waals surface area (Å²) in [5.74, 6) is 2.28. The van der Waals surface area contributed by atoms with Crippen LogP contribution in [0.2, 0.25) is 0 Å². The van der Waals surface area contributed by atoms with Crippen molar-refractivity contribution in [3.05, 3.63) is 11.4 Å². The average molecular weight is 276 g/mol. The molecule has 19 heavy (non-hydrogen) atoms. The maximum absolute atomic E-state index is 5.84. The molecule has 0 amide bonds. The van der Waals surface area contributed by atoms with Crippen LogP contribution in [-0.2, 0) is 0 Å². The zero-order valence-corrected chi connectivity index (χ0v) is 12.1. The molecule has 5 heteroatoms. The second-order valence-electron chi connectivity index (χ2n) is 5.24. The Morgan fingerprint density at radius 1 is 1.37 bits per heavy atom. The Hall–Kier alpha value is -1.36. The van der Waals surface area contributed by atoms with Crippen molar-refractivity contribution in [3.63, 3.8) is 0 Å². The molecular formula is C14H20N4S. The van der Waals surface area contributed by atoms with Crippen molar-refractivity contribution in [2.75, 3.05) is 23.7 Å². The van der Waals surface area contributed by atoms with Crippen LogP contribution in [0.25, 0.3) is 10.2 Å².